The second-order valence-corrected chi connectivity index (χ2v) is 5.31. The molecular formula is C15H20N2O3. The molecule has 2 heterocycles. The van der Waals surface area contributed by atoms with E-state index in [4.69, 9.17) is 9.47 Å². The van der Waals surface area contributed by atoms with Crippen molar-refractivity contribution in [3.8, 4) is 5.75 Å². The van der Waals surface area contributed by atoms with Gasteiger partial charge in [0, 0.05) is 31.1 Å². The van der Waals surface area contributed by atoms with E-state index in [9.17, 15) is 4.79 Å². The molecule has 5 nitrogen and oxygen atoms in total. The third-order valence-corrected chi connectivity index (χ3v) is 3.84. The lowest BCUT2D eigenvalue weighted by atomic mass is 10.0. The van der Waals surface area contributed by atoms with E-state index in [0.717, 1.165) is 37.4 Å². The first-order chi connectivity index (χ1) is 9.83. The molecule has 108 valence electrons. The molecule has 2 aliphatic rings. The van der Waals surface area contributed by atoms with Gasteiger partial charge >= 0.3 is 6.03 Å². The average molecular weight is 276 g/mol. The van der Waals surface area contributed by atoms with Crippen LogP contribution in [-0.4, -0.2) is 32.4 Å². The minimum atomic E-state index is -0.112. The molecule has 2 amide bonds. The Labute approximate surface area is 118 Å². The van der Waals surface area contributed by atoms with Crippen molar-refractivity contribution in [3.05, 3.63) is 29.8 Å². The molecule has 20 heavy (non-hydrogen) atoms. The molecule has 2 N–H and O–H groups in total. The van der Waals surface area contributed by atoms with Gasteiger partial charge in [0.2, 0.25) is 0 Å². The number of hydrogen-bond donors (Lipinski definition) is 2. The van der Waals surface area contributed by atoms with Crippen molar-refractivity contribution >= 4 is 6.03 Å². The van der Waals surface area contributed by atoms with Gasteiger partial charge in [0.05, 0.1) is 19.3 Å². The summed E-state index contributed by atoms with van der Waals surface area (Å²) in [6, 6.07) is 7.77. The van der Waals surface area contributed by atoms with Crippen LogP contribution >= 0.6 is 0 Å². The summed E-state index contributed by atoms with van der Waals surface area (Å²) in [7, 11) is 0. The maximum atomic E-state index is 12.0. The Kier molecular flexibility index (Phi) is 4.06. The maximum Gasteiger partial charge on any atom is 0.315 e. The summed E-state index contributed by atoms with van der Waals surface area (Å²) in [5.74, 6) is 1.32. The van der Waals surface area contributed by atoms with Gasteiger partial charge in [-0.25, -0.2) is 4.79 Å². The molecular weight excluding hydrogens is 256 g/mol. The predicted molar refractivity (Wildman–Crippen MR) is 74.8 cm³/mol. The normalized spacial score (nSPS) is 24.6. The Morgan fingerprint density at radius 1 is 1.25 bits per heavy atom. The lowest BCUT2D eigenvalue weighted by Gasteiger charge is -2.26. The van der Waals surface area contributed by atoms with Crippen molar-refractivity contribution in [1.29, 1.82) is 0 Å². The van der Waals surface area contributed by atoms with E-state index in [-0.39, 0.29) is 12.1 Å². The van der Waals surface area contributed by atoms with Crippen molar-refractivity contribution in [1.82, 2.24) is 10.6 Å². The Morgan fingerprint density at radius 2 is 2.15 bits per heavy atom. The van der Waals surface area contributed by atoms with Crippen LogP contribution in [0, 0.1) is 5.92 Å². The highest BCUT2D eigenvalue weighted by Crippen LogP contribution is 2.31. The number of carbonyl (C=O) groups excluding carboxylic acids is 1. The fraction of sp³-hybridized carbons (Fsp3) is 0.533. The Hall–Kier alpha value is -1.75. The minimum absolute atomic E-state index is 0.0276. The van der Waals surface area contributed by atoms with Gasteiger partial charge < -0.3 is 20.1 Å². The van der Waals surface area contributed by atoms with Crippen molar-refractivity contribution in [2.75, 3.05) is 26.4 Å². The number of hydrogen-bond acceptors (Lipinski definition) is 3. The van der Waals surface area contributed by atoms with E-state index in [0.29, 0.717) is 19.1 Å². The molecule has 2 atom stereocenters. The largest absolute Gasteiger partial charge is 0.493 e. The summed E-state index contributed by atoms with van der Waals surface area (Å²) in [5, 5.41) is 5.96. The molecule has 1 aromatic rings. The smallest absolute Gasteiger partial charge is 0.315 e. The van der Waals surface area contributed by atoms with Gasteiger partial charge in [-0.05, 0) is 12.5 Å². The molecule has 2 unspecified atom stereocenters. The van der Waals surface area contributed by atoms with Gasteiger partial charge in [0.25, 0.3) is 0 Å². The summed E-state index contributed by atoms with van der Waals surface area (Å²) < 4.78 is 10.9. The average Bonchev–Trinajstić information content (AvgIpc) is 2.99. The van der Waals surface area contributed by atoms with E-state index in [1.807, 2.05) is 24.3 Å². The van der Waals surface area contributed by atoms with E-state index in [1.165, 1.54) is 0 Å². The lowest BCUT2D eigenvalue weighted by molar-refractivity contribution is 0.184. The number of nitrogens with one attached hydrogen (secondary N) is 2. The quantitative estimate of drug-likeness (QED) is 0.885. The summed E-state index contributed by atoms with van der Waals surface area (Å²) in [6.45, 7) is 2.87. The summed E-state index contributed by atoms with van der Waals surface area (Å²) in [6.07, 6.45) is 1.83. The van der Waals surface area contributed by atoms with Crippen LogP contribution < -0.4 is 15.4 Å². The SMILES string of the molecule is O=C(NCC1CCOC1)NC1CCOc2ccccc21. The zero-order valence-corrected chi connectivity index (χ0v) is 11.4. The summed E-state index contributed by atoms with van der Waals surface area (Å²) in [4.78, 5) is 12.0. The molecule has 1 aromatic carbocycles. The van der Waals surface area contributed by atoms with Gasteiger partial charge in [-0.1, -0.05) is 18.2 Å². The van der Waals surface area contributed by atoms with Crippen LogP contribution in [0.25, 0.3) is 0 Å². The summed E-state index contributed by atoms with van der Waals surface area (Å²) >= 11 is 0. The molecule has 5 heteroatoms. The Balaban J connectivity index is 1.54. The van der Waals surface area contributed by atoms with Crippen LogP contribution in [-0.2, 0) is 4.74 Å². The first kappa shape index (κ1) is 13.2. The van der Waals surface area contributed by atoms with Crippen molar-refractivity contribution < 1.29 is 14.3 Å². The molecule has 0 aromatic heterocycles. The van der Waals surface area contributed by atoms with Gasteiger partial charge in [0.15, 0.2) is 0 Å². The van der Waals surface area contributed by atoms with Gasteiger partial charge in [-0.15, -0.1) is 0 Å². The number of rotatable bonds is 3. The standard InChI is InChI=1S/C15H20N2O3/c18-15(16-9-11-5-7-19-10-11)17-13-6-8-20-14-4-2-1-3-12(13)14/h1-4,11,13H,5-10H2,(H2,16,17,18). The molecule has 0 saturated carbocycles. The fourth-order valence-electron chi connectivity index (χ4n) is 2.68. The minimum Gasteiger partial charge on any atom is -0.493 e. The highest BCUT2D eigenvalue weighted by molar-refractivity contribution is 5.74. The molecule has 1 saturated heterocycles. The number of amides is 2. The number of urea groups is 1. The van der Waals surface area contributed by atoms with Gasteiger partial charge in [-0.3, -0.25) is 0 Å². The lowest BCUT2D eigenvalue weighted by Crippen LogP contribution is -2.41. The van der Waals surface area contributed by atoms with Crippen LogP contribution in [0.4, 0.5) is 4.79 Å². The van der Waals surface area contributed by atoms with E-state index < -0.39 is 0 Å². The van der Waals surface area contributed by atoms with Crippen molar-refractivity contribution in [2.24, 2.45) is 5.92 Å². The second kappa shape index (κ2) is 6.13. The molecule has 0 bridgehead atoms. The highest BCUT2D eigenvalue weighted by Gasteiger charge is 2.23. The molecule has 3 rings (SSSR count). The first-order valence-electron chi connectivity index (χ1n) is 7.17. The zero-order valence-electron chi connectivity index (χ0n) is 11.4. The monoisotopic (exact) mass is 276 g/mol. The first-order valence-corrected chi connectivity index (χ1v) is 7.17. The van der Waals surface area contributed by atoms with Crippen molar-refractivity contribution in [3.63, 3.8) is 0 Å². The zero-order chi connectivity index (χ0) is 13.8. The number of para-hydroxylation sites is 1. The number of benzene rings is 1. The Morgan fingerprint density at radius 3 is 3.00 bits per heavy atom. The van der Waals surface area contributed by atoms with Crippen LogP contribution in [0.15, 0.2) is 24.3 Å². The molecule has 0 radical (unpaired) electrons. The molecule has 2 aliphatic heterocycles. The van der Waals surface area contributed by atoms with Crippen molar-refractivity contribution in [2.45, 2.75) is 18.9 Å². The topological polar surface area (TPSA) is 59.6 Å². The van der Waals surface area contributed by atoms with Crippen LogP contribution in [0.3, 0.4) is 0 Å². The number of fused-ring (bicyclic) bond motifs is 1. The summed E-state index contributed by atoms with van der Waals surface area (Å²) in [5.41, 5.74) is 1.05. The van der Waals surface area contributed by atoms with Crippen LogP contribution in [0.2, 0.25) is 0 Å². The molecule has 0 spiro atoms. The number of ether oxygens (including phenoxy) is 2. The van der Waals surface area contributed by atoms with Crippen LogP contribution in [0.5, 0.6) is 5.75 Å². The molecule has 1 fully saturated rings. The van der Waals surface area contributed by atoms with Crippen LogP contribution in [0.1, 0.15) is 24.4 Å². The van der Waals surface area contributed by atoms with E-state index in [2.05, 4.69) is 10.6 Å². The number of carbonyl (C=O) groups is 1. The van der Waals surface area contributed by atoms with E-state index in [1.54, 1.807) is 0 Å². The Bertz CT molecular complexity index is 472. The van der Waals surface area contributed by atoms with Gasteiger partial charge in [-0.2, -0.15) is 0 Å². The predicted octanol–water partition coefficient (Wildman–Crippen LogP) is 1.85. The highest BCUT2D eigenvalue weighted by atomic mass is 16.5. The van der Waals surface area contributed by atoms with E-state index >= 15 is 0 Å². The second-order valence-electron chi connectivity index (χ2n) is 5.31. The fourth-order valence-corrected chi connectivity index (χ4v) is 2.68. The third kappa shape index (κ3) is 3.04. The molecule has 0 aliphatic carbocycles. The van der Waals surface area contributed by atoms with Gasteiger partial charge in [0.1, 0.15) is 5.75 Å². The third-order valence-electron chi connectivity index (χ3n) is 3.84. The maximum absolute atomic E-state index is 12.0.